The van der Waals surface area contributed by atoms with E-state index in [9.17, 15) is 0 Å². The minimum atomic E-state index is 0.101. The first-order valence-electron chi connectivity index (χ1n) is 5.00. The molecule has 0 saturated heterocycles. The molecule has 0 aliphatic heterocycles. The average Bonchev–Trinajstić information content (AvgIpc) is 2.77. The minimum Gasteiger partial charge on any atom is -0.344 e. The third-order valence-electron chi connectivity index (χ3n) is 2.26. The predicted molar refractivity (Wildman–Crippen MR) is 63.5 cm³/mol. The Bertz CT molecular complexity index is 468. The molecule has 2 rings (SSSR count). The van der Waals surface area contributed by atoms with Gasteiger partial charge in [-0.3, -0.25) is 0 Å². The Kier molecular flexibility index (Phi) is 3.09. The van der Waals surface area contributed by atoms with E-state index in [1.54, 1.807) is 17.5 Å². The molecule has 2 aromatic rings. The molecule has 1 atom stereocenters. The molecular formula is C10H13N5S. The van der Waals surface area contributed by atoms with E-state index in [1.165, 1.54) is 0 Å². The van der Waals surface area contributed by atoms with E-state index in [0.29, 0.717) is 5.95 Å². The van der Waals surface area contributed by atoms with Crippen LogP contribution in [0.15, 0.2) is 11.6 Å². The van der Waals surface area contributed by atoms with Crippen LogP contribution in [0.5, 0.6) is 0 Å². The Labute approximate surface area is 98.0 Å². The van der Waals surface area contributed by atoms with Crippen molar-refractivity contribution < 1.29 is 0 Å². The SMILES string of the molecule is Cc1nnc(NC(C)c2nccs2)nc1C. The Hall–Kier alpha value is -1.56. The number of nitrogens with zero attached hydrogens (tertiary/aromatic N) is 4. The molecule has 84 valence electrons. The highest BCUT2D eigenvalue weighted by Gasteiger charge is 2.10. The number of thiazole rings is 1. The van der Waals surface area contributed by atoms with Gasteiger partial charge in [0.15, 0.2) is 0 Å². The number of aromatic nitrogens is 4. The third-order valence-corrected chi connectivity index (χ3v) is 3.22. The smallest absolute Gasteiger partial charge is 0.243 e. The predicted octanol–water partition coefficient (Wildman–Crippen LogP) is 2.12. The Morgan fingerprint density at radius 3 is 2.69 bits per heavy atom. The second kappa shape index (κ2) is 4.52. The average molecular weight is 235 g/mol. The summed E-state index contributed by atoms with van der Waals surface area (Å²) in [5.74, 6) is 0.547. The van der Waals surface area contributed by atoms with E-state index >= 15 is 0 Å². The van der Waals surface area contributed by atoms with Gasteiger partial charge in [0.25, 0.3) is 0 Å². The molecule has 1 unspecified atom stereocenters. The lowest BCUT2D eigenvalue weighted by molar-refractivity contribution is 0.814. The summed E-state index contributed by atoms with van der Waals surface area (Å²) in [6.07, 6.45) is 1.79. The lowest BCUT2D eigenvalue weighted by Gasteiger charge is -2.10. The Morgan fingerprint density at radius 2 is 2.06 bits per heavy atom. The molecule has 0 fully saturated rings. The van der Waals surface area contributed by atoms with Crippen LogP contribution in [0.25, 0.3) is 0 Å². The lowest BCUT2D eigenvalue weighted by atomic mass is 10.3. The van der Waals surface area contributed by atoms with Crippen molar-refractivity contribution in [1.82, 2.24) is 20.2 Å². The van der Waals surface area contributed by atoms with Gasteiger partial charge in [0.2, 0.25) is 5.95 Å². The van der Waals surface area contributed by atoms with Gasteiger partial charge in [0.1, 0.15) is 5.01 Å². The summed E-state index contributed by atoms with van der Waals surface area (Å²) >= 11 is 1.61. The van der Waals surface area contributed by atoms with Crippen LogP contribution in [-0.4, -0.2) is 20.2 Å². The molecule has 0 aliphatic rings. The monoisotopic (exact) mass is 235 g/mol. The number of nitrogens with one attached hydrogen (secondary N) is 1. The van der Waals surface area contributed by atoms with Crippen molar-refractivity contribution >= 4 is 17.3 Å². The summed E-state index contributed by atoms with van der Waals surface area (Å²) in [5.41, 5.74) is 1.75. The molecule has 5 nitrogen and oxygen atoms in total. The minimum absolute atomic E-state index is 0.101. The third kappa shape index (κ3) is 2.33. The first kappa shape index (κ1) is 10.9. The lowest BCUT2D eigenvalue weighted by Crippen LogP contribution is -2.11. The van der Waals surface area contributed by atoms with Crippen LogP contribution in [0.3, 0.4) is 0 Å². The summed E-state index contributed by atoms with van der Waals surface area (Å²) in [5, 5.41) is 14.2. The summed E-state index contributed by atoms with van der Waals surface area (Å²) in [7, 11) is 0. The fraction of sp³-hybridized carbons (Fsp3) is 0.400. The van der Waals surface area contributed by atoms with Crippen LogP contribution in [0.2, 0.25) is 0 Å². The maximum Gasteiger partial charge on any atom is 0.243 e. The van der Waals surface area contributed by atoms with Gasteiger partial charge < -0.3 is 5.32 Å². The maximum absolute atomic E-state index is 4.31. The standard InChI is InChI=1S/C10H13N5S/c1-6-7(2)14-15-10(12-6)13-8(3)9-11-4-5-16-9/h4-5,8H,1-3H3,(H,12,13,15). The summed E-state index contributed by atoms with van der Waals surface area (Å²) in [6, 6.07) is 0.101. The van der Waals surface area contributed by atoms with Crippen molar-refractivity contribution in [1.29, 1.82) is 0 Å². The van der Waals surface area contributed by atoms with Gasteiger partial charge in [-0.05, 0) is 20.8 Å². The van der Waals surface area contributed by atoms with Crippen LogP contribution in [0.1, 0.15) is 29.4 Å². The van der Waals surface area contributed by atoms with Crippen molar-refractivity contribution in [2.24, 2.45) is 0 Å². The first-order chi connectivity index (χ1) is 7.66. The van der Waals surface area contributed by atoms with Crippen molar-refractivity contribution in [2.75, 3.05) is 5.32 Å². The molecule has 16 heavy (non-hydrogen) atoms. The maximum atomic E-state index is 4.31. The largest absolute Gasteiger partial charge is 0.344 e. The van der Waals surface area contributed by atoms with Crippen molar-refractivity contribution in [2.45, 2.75) is 26.8 Å². The molecular weight excluding hydrogens is 222 g/mol. The van der Waals surface area contributed by atoms with Crippen LogP contribution in [0.4, 0.5) is 5.95 Å². The van der Waals surface area contributed by atoms with E-state index in [4.69, 9.17) is 0 Å². The van der Waals surface area contributed by atoms with Crippen molar-refractivity contribution in [3.05, 3.63) is 28.0 Å². The Balaban J connectivity index is 2.12. The van der Waals surface area contributed by atoms with Gasteiger partial charge in [0, 0.05) is 11.6 Å². The molecule has 0 saturated carbocycles. The molecule has 0 bridgehead atoms. The van der Waals surface area contributed by atoms with Gasteiger partial charge >= 0.3 is 0 Å². The summed E-state index contributed by atoms with van der Waals surface area (Å²) in [6.45, 7) is 5.84. The molecule has 0 spiro atoms. The highest BCUT2D eigenvalue weighted by Crippen LogP contribution is 2.18. The number of aryl methyl sites for hydroxylation is 2. The summed E-state index contributed by atoms with van der Waals surface area (Å²) in [4.78, 5) is 8.55. The second-order valence-corrected chi connectivity index (χ2v) is 4.47. The molecule has 0 amide bonds. The second-order valence-electron chi connectivity index (χ2n) is 3.54. The van der Waals surface area contributed by atoms with E-state index in [2.05, 4.69) is 25.5 Å². The van der Waals surface area contributed by atoms with Crippen LogP contribution in [-0.2, 0) is 0 Å². The van der Waals surface area contributed by atoms with Crippen molar-refractivity contribution in [3.63, 3.8) is 0 Å². The molecule has 0 aromatic carbocycles. The molecule has 1 N–H and O–H groups in total. The highest BCUT2D eigenvalue weighted by molar-refractivity contribution is 7.09. The van der Waals surface area contributed by atoms with E-state index < -0.39 is 0 Å². The zero-order valence-electron chi connectivity index (χ0n) is 9.43. The molecule has 2 aromatic heterocycles. The fourth-order valence-electron chi connectivity index (χ4n) is 1.22. The Morgan fingerprint density at radius 1 is 1.25 bits per heavy atom. The van der Waals surface area contributed by atoms with E-state index in [1.807, 2.05) is 26.2 Å². The fourth-order valence-corrected chi connectivity index (χ4v) is 1.87. The quantitative estimate of drug-likeness (QED) is 0.882. The molecule has 0 aliphatic carbocycles. The topological polar surface area (TPSA) is 63.6 Å². The van der Waals surface area contributed by atoms with Gasteiger partial charge in [-0.25, -0.2) is 9.97 Å². The zero-order chi connectivity index (χ0) is 11.5. The van der Waals surface area contributed by atoms with Crippen LogP contribution >= 0.6 is 11.3 Å². The van der Waals surface area contributed by atoms with Gasteiger partial charge in [-0.15, -0.1) is 16.4 Å². The normalized spacial score (nSPS) is 12.4. The van der Waals surface area contributed by atoms with Gasteiger partial charge in [0.05, 0.1) is 17.4 Å². The van der Waals surface area contributed by atoms with Crippen LogP contribution in [0, 0.1) is 13.8 Å². The number of hydrogen-bond acceptors (Lipinski definition) is 6. The summed E-state index contributed by atoms with van der Waals surface area (Å²) < 4.78 is 0. The number of hydrogen-bond donors (Lipinski definition) is 1. The van der Waals surface area contributed by atoms with Crippen LogP contribution < -0.4 is 5.32 Å². The highest BCUT2D eigenvalue weighted by atomic mass is 32.1. The molecule has 6 heteroatoms. The number of anilines is 1. The van der Waals surface area contributed by atoms with Gasteiger partial charge in [-0.1, -0.05) is 0 Å². The van der Waals surface area contributed by atoms with Gasteiger partial charge in [-0.2, -0.15) is 5.10 Å². The van der Waals surface area contributed by atoms with E-state index in [0.717, 1.165) is 16.4 Å². The van der Waals surface area contributed by atoms with E-state index in [-0.39, 0.29) is 6.04 Å². The van der Waals surface area contributed by atoms with Crippen molar-refractivity contribution in [3.8, 4) is 0 Å². The first-order valence-corrected chi connectivity index (χ1v) is 5.88. The zero-order valence-corrected chi connectivity index (χ0v) is 10.2. The molecule has 0 radical (unpaired) electrons. The molecule has 2 heterocycles. The number of rotatable bonds is 3.